The summed E-state index contributed by atoms with van der Waals surface area (Å²) in [6, 6.07) is 6.19. The molecule has 0 saturated carbocycles. The van der Waals surface area contributed by atoms with Crippen molar-refractivity contribution in [3.63, 3.8) is 0 Å². The second kappa shape index (κ2) is 4.45. The van der Waals surface area contributed by atoms with Crippen LogP contribution in [0.5, 0.6) is 5.75 Å². The molecule has 0 saturated heterocycles. The second-order valence-corrected chi connectivity index (χ2v) is 3.25. The molecule has 0 aliphatic rings. The Kier molecular flexibility index (Phi) is 3.51. The van der Waals surface area contributed by atoms with Crippen molar-refractivity contribution < 1.29 is 17.9 Å². The molecule has 14 heavy (non-hydrogen) atoms. The van der Waals surface area contributed by atoms with Crippen LogP contribution >= 0.6 is 11.9 Å². The van der Waals surface area contributed by atoms with Crippen LogP contribution in [-0.2, 0) is 0 Å². The molecule has 0 spiro atoms. The lowest BCUT2D eigenvalue weighted by Gasteiger charge is -2.08. The molecule has 78 valence electrons. The molecule has 0 aliphatic carbocycles. The zero-order valence-corrected chi connectivity index (χ0v) is 8.08. The Hall–Kier alpha value is -1.04. The Balaban J connectivity index is 2.52. The van der Waals surface area contributed by atoms with Crippen LogP contribution in [0.15, 0.2) is 24.3 Å². The summed E-state index contributed by atoms with van der Waals surface area (Å²) < 4.78 is 42.3. The van der Waals surface area contributed by atoms with Gasteiger partial charge in [0.1, 0.15) is 5.75 Å². The smallest absolute Gasteiger partial charge is 0.461 e. The maximum absolute atomic E-state index is 11.8. The average Bonchev–Trinajstić information content (AvgIpc) is 2.14. The van der Waals surface area contributed by atoms with Crippen LogP contribution in [-0.4, -0.2) is 12.6 Å². The summed E-state index contributed by atoms with van der Waals surface area (Å²) in [5.74, 6) is 0.604. The SMILES string of the molecule is COc1ccc(NSC(F)(F)F)cc1. The fraction of sp³-hybridized carbons (Fsp3) is 0.250. The standard InChI is InChI=1S/C8H8F3NOS/c1-13-7-4-2-6(3-5-7)12-14-8(9,10)11/h2-5,12H,1H3. The highest BCUT2D eigenvalue weighted by Gasteiger charge is 2.28. The molecule has 0 amide bonds. The molecular formula is C8H8F3NOS. The van der Waals surface area contributed by atoms with E-state index in [9.17, 15) is 13.2 Å². The Morgan fingerprint density at radius 1 is 1.21 bits per heavy atom. The first-order valence-electron chi connectivity index (χ1n) is 3.66. The van der Waals surface area contributed by atoms with Gasteiger partial charge in [-0.05, 0) is 24.3 Å². The van der Waals surface area contributed by atoms with Crippen molar-refractivity contribution in [1.29, 1.82) is 0 Å². The first-order valence-corrected chi connectivity index (χ1v) is 4.48. The fourth-order valence-corrected chi connectivity index (χ4v) is 1.15. The molecule has 0 atom stereocenters. The van der Waals surface area contributed by atoms with E-state index in [2.05, 4.69) is 4.72 Å². The van der Waals surface area contributed by atoms with Crippen LogP contribution in [0.2, 0.25) is 0 Å². The number of benzene rings is 1. The molecule has 2 nitrogen and oxygen atoms in total. The van der Waals surface area contributed by atoms with E-state index in [1.807, 2.05) is 0 Å². The number of hydrogen-bond donors (Lipinski definition) is 1. The number of ether oxygens (including phenoxy) is 1. The minimum atomic E-state index is -4.28. The van der Waals surface area contributed by atoms with E-state index in [4.69, 9.17) is 4.74 Å². The van der Waals surface area contributed by atoms with Crippen molar-refractivity contribution >= 4 is 17.6 Å². The van der Waals surface area contributed by atoms with Gasteiger partial charge in [-0.3, -0.25) is 0 Å². The Morgan fingerprint density at radius 3 is 2.21 bits per heavy atom. The summed E-state index contributed by atoms with van der Waals surface area (Å²) in [4.78, 5) is 0. The summed E-state index contributed by atoms with van der Waals surface area (Å²) in [6.07, 6.45) is 0. The molecule has 0 radical (unpaired) electrons. The van der Waals surface area contributed by atoms with Gasteiger partial charge in [-0.1, -0.05) is 0 Å². The van der Waals surface area contributed by atoms with Gasteiger partial charge in [0.05, 0.1) is 19.1 Å². The van der Waals surface area contributed by atoms with Gasteiger partial charge in [-0.25, -0.2) is 0 Å². The zero-order chi connectivity index (χ0) is 10.6. The summed E-state index contributed by atoms with van der Waals surface area (Å²) >= 11 is -0.291. The van der Waals surface area contributed by atoms with Crippen molar-refractivity contribution in [2.45, 2.75) is 5.51 Å². The summed E-state index contributed by atoms with van der Waals surface area (Å²) in [6.45, 7) is 0. The minimum absolute atomic E-state index is 0.291. The molecule has 6 heteroatoms. The molecule has 1 rings (SSSR count). The van der Waals surface area contributed by atoms with E-state index < -0.39 is 5.51 Å². The predicted molar refractivity (Wildman–Crippen MR) is 50.3 cm³/mol. The van der Waals surface area contributed by atoms with Crippen LogP contribution in [0.4, 0.5) is 18.9 Å². The van der Waals surface area contributed by atoms with Crippen molar-refractivity contribution in [1.82, 2.24) is 0 Å². The zero-order valence-electron chi connectivity index (χ0n) is 7.26. The number of rotatable bonds is 3. The maximum Gasteiger partial charge on any atom is 0.461 e. The highest BCUT2D eigenvalue weighted by molar-refractivity contribution is 8.01. The third kappa shape index (κ3) is 3.78. The molecule has 1 N–H and O–H groups in total. The van der Waals surface area contributed by atoms with Gasteiger partial charge in [-0.2, -0.15) is 13.2 Å². The van der Waals surface area contributed by atoms with Gasteiger partial charge in [0.25, 0.3) is 0 Å². The minimum Gasteiger partial charge on any atom is -0.497 e. The Labute approximate surface area is 83.6 Å². The van der Waals surface area contributed by atoms with E-state index in [-0.39, 0.29) is 11.9 Å². The molecule has 0 unspecified atom stereocenters. The molecule has 0 heterocycles. The van der Waals surface area contributed by atoms with Crippen LogP contribution in [0.3, 0.4) is 0 Å². The maximum atomic E-state index is 11.8. The lowest BCUT2D eigenvalue weighted by molar-refractivity contribution is -0.0323. The van der Waals surface area contributed by atoms with Gasteiger partial charge >= 0.3 is 5.51 Å². The third-order valence-electron chi connectivity index (χ3n) is 1.37. The fourth-order valence-electron chi connectivity index (χ4n) is 0.776. The number of halogens is 3. The lowest BCUT2D eigenvalue weighted by Crippen LogP contribution is -2.04. The number of methoxy groups -OCH3 is 1. The van der Waals surface area contributed by atoms with Crippen LogP contribution in [0.1, 0.15) is 0 Å². The van der Waals surface area contributed by atoms with Crippen molar-refractivity contribution in [3.05, 3.63) is 24.3 Å². The molecule has 0 aliphatic heterocycles. The van der Waals surface area contributed by atoms with E-state index >= 15 is 0 Å². The Bertz CT molecular complexity index is 286. The van der Waals surface area contributed by atoms with Crippen LogP contribution in [0.25, 0.3) is 0 Å². The average molecular weight is 223 g/mol. The van der Waals surface area contributed by atoms with E-state index in [1.54, 1.807) is 12.1 Å². The van der Waals surface area contributed by atoms with Crippen molar-refractivity contribution in [2.75, 3.05) is 11.8 Å². The topological polar surface area (TPSA) is 21.3 Å². The van der Waals surface area contributed by atoms with Crippen LogP contribution in [0, 0.1) is 0 Å². The monoisotopic (exact) mass is 223 g/mol. The van der Waals surface area contributed by atoms with Gasteiger partial charge in [0, 0.05) is 5.69 Å². The number of alkyl halides is 3. The van der Waals surface area contributed by atoms with Gasteiger partial charge in [0.2, 0.25) is 0 Å². The third-order valence-corrected chi connectivity index (χ3v) is 1.94. The quantitative estimate of drug-likeness (QED) is 0.794. The molecule has 0 aromatic heterocycles. The van der Waals surface area contributed by atoms with Crippen LogP contribution < -0.4 is 9.46 Å². The normalized spacial score (nSPS) is 11.1. The number of anilines is 1. The first kappa shape index (κ1) is 11.0. The second-order valence-electron chi connectivity index (χ2n) is 2.38. The van der Waals surface area contributed by atoms with Gasteiger partial charge in [0.15, 0.2) is 0 Å². The molecule has 1 aromatic carbocycles. The summed E-state index contributed by atoms with van der Waals surface area (Å²) in [5, 5.41) is 0. The molecule has 0 bridgehead atoms. The van der Waals surface area contributed by atoms with Gasteiger partial charge < -0.3 is 9.46 Å². The largest absolute Gasteiger partial charge is 0.497 e. The van der Waals surface area contributed by atoms with Crippen molar-refractivity contribution in [2.24, 2.45) is 0 Å². The number of nitrogens with one attached hydrogen (secondary N) is 1. The van der Waals surface area contributed by atoms with Crippen molar-refractivity contribution in [3.8, 4) is 5.75 Å². The first-order chi connectivity index (χ1) is 6.51. The highest BCUT2D eigenvalue weighted by atomic mass is 32.2. The van der Waals surface area contributed by atoms with Gasteiger partial charge in [-0.15, -0.1) is 0 Å². The Morgan fingerprint density at radius 2 is 1.79 bits per heavy atom. The molecule has 0 fully saturated rings. The van der Waals surface area contributed by atoms with E-state index in [0.717, 1.165) is 0 Å². The predicted octanol–water partition coefficient (Wildman–Crippen LogP) is 3.28. The molecular weight excluding hydrogens is 215 g/mol. The lowest BCUT2D eigenvalue weighted by atomic mass is 10.3. The highest BCUT2D eigenvalue weighted by Crippen LogP contribution is 2.31. The van der Waals surface area contributed by atoms with E-state index in [0.29, 0.717) is 11.4 Å². The van der Waals surface area contributed by atoms with E-state index in [1.165, 1.54) is 19.2 Å². The summed E-state index contributed by atoms with van der Waals surface area (Å²) in [7, 11) is 1.49. The molecule has 1 aromatic rings. The summed E-state index contributed by atoms with van der Waals surface area (Å²) in [5.41, 5.74) is -3.90. The number of hydrogen-bond acceptors (Lipinski definition) is 3.